The predicted molar refractivity (Wildman–Crippen MR) is 51.4 cm³/mol. The fourth-order valence-electron chi connectivity index (χ4n) is 2.24. The van der Waals surface area contributed by atoms with Gasteiger partial charge in [-0.3, -0.25) is 4.90 Å². The van der Waals surface area contributed by atoms with E-state index in [1.54, 1.807) is 0 Å². The molecule has 0 bridgehead atoms. The van der Waals surface area contributed by atoms with Crippen LogP contribution in [0.1, 0.15) is 32.1 Å². The summed E-state index contributed by atoms with van der Waals surface area (Å²) in [5.41, 5.74) is 0.672. The van der Waals surface area contributed by atoms with Crippen LogP contribution in [0.3, 0.4) is 0 Å². The molecule has 0 radical (unpaired) electrons. The third-order valence-corrected chi connectivity index (χ3v) is 4.76. The van der Waals surface area contributed by atoms with Crippen molar-refractivity contribution < 1.29 is 0 Å². The molecule has 0 amide bonds. The molecule has 2 aliphatic rings. The van der Waals surface area contributed by atoms with Gasteiger partial charge in [0.05, 0.1) is 4.05 Å². The predicted octanol–water partition coefficient (Wildman–Crippen LogP) is 2.40. The number of rotatable bonds is 0. The van der Waals surface area contributed by atoms with Crippen molar-refractivity contribution in [1.82, 2.24) is 4.90 Å². The summed E-state index contributed by atoms with van der Waals surface area (Å²) < 4.78 is 0.817. The molecular formula is C8H14IN. The normalized spacial score (nSPS) is 38.4. The van der Waals surface area contributed by atoms with Crippen LogP contribution in [0.4, 0.5) is 0 Å². The lowest BCUT2D eigenvalue weighted by Crippen LogP contribution is -2.48. The smallest absolute Gasteiger partial charge is 0.0621 e. The zero-order valence-corrected chi connectivity index (χ0v) is 8.60. The van der Waals surface area contributed by atoms with E-state index in [4.69, 9.17) is 0 Å². The molecule has 1 nitrogen and oxygen atoms in total. The highest BCUT2D eigenvalue weighted by atomic mass is 127. The van der Waals surface area contributed by atoms with Gasteiger partial charge in [0, 0.05) is 5.54 Å². The lowest BCUT2D eigenvalue weighted by atomic mass is 9.75. The molecule has 58 valence electrons. The van der Waals surface area contributed by atoms with Crippen LogP contribution in [0.25, 0.3) is 0 Å². The molecule has 0 N–H and O–H groups in total. The van der Waals surface area contributed by atoms with Crippen molar-refractivity contribution in [2.24, 2.45) is 0 Å². The van der Waals surface area contributed by atoms with Crippen LogP contribution in [-0.4, -0.2) is 21.5 Å². The second-order valence-electron chi connectivity index (χ2n) is 3.66. The summed E-state index contributed by atoms with van der Waals surface area (Å²) in [6, 6.07) is 0. The van der Waals surface area contributed by atoms with E-state index in [0.717, 1.165) is 4.05 Å². The summed E-state index contributed by atoms with van der Waals surface area (Å²) in [7, 11) is 2.29. The Morgan fingerprint density at radius 3 is 2.30 bits per heavy atom. The van der Waals surface area contributed by atoms with Crippen LogP contribution in [-0.2, 0) is 0 Å². The van der Waals surface area contributed by atoms with Gasteiger partial charge in [-0.15, -0.1) is 0 Å². The Morgan fingerprint density at radius 2 is 2.10 bits per heavy atom. The monoisotopic (exact) mass is 251 g/mol. The van der Waals surface area contributed by atoms with Crippen LogP contribution >= 0.6 is 22.6 Å². The maximum Gasteiger partial charge on any atom is 0.0621 e. The number of likely N-dealkylation sites (tertiary alicyclic amines) is 1. The van der Waals surface area contributed by atoms with Crippen molar-refractivity contribution in [2.75, 3.05) is 7.05 Å². The highest BCUT2D eigenvalue weighted by Gasteiger charge is 2.46. The van der Waals surface area contributed by atoms with Gasteiger partial charge < -0.3 is 0 Å². The third kappa shape index (κ3) is 0.843. The standard InChI is InChI=1S/C8H14IN/c1-10-7(9)3-6-8(10)4-2-5-8/h7H,2-6H2,1H3/t7-/m0/s1. The molecule has 1 spiro atoms. The average molecular weight is 251 g/mol. The fourth-order valence-corrected chi connectivity index (χ4v) is 3.14. The Morgan fingerprint density at radius 1 is 1.40 bits per heavy atom. The van der Waals surface area contributed by atoms with Gasteiger partial charge in [0.25, 0.3) is 0 Å². The molecular weight excluding hydrogens is 237 g/mol. The number of halogens is 1. The molecule has 1 saturated heterocycles. The summed E-state index contributed by atoms with van der Waals surface area (Å²) in [4.78, 5) is 2.59. The number of nitrogens with zero attached hydrogens (tertiary/aromatic N) is 1. The first-order valence-electron chi connectivity index (χ1n) is 4.12. The van der Waals surface area contributed by atoms with Crippen LogP contribution < -0.4 is 0 Å². The molecule has 1 saturated carbocycles. The molecule has 10 heavy (non-hydrogen) atoms. The van der Waals surface area contributed by atoms with E-state index < -0.39 is 0 Å². The Balaban J connectivity index is 2.10. The minimum absolute atomic E-state index is 0.672. The molecule has 2 rings (SSSR count). The van der Waals surface area contributed by atoms with Gasteiger partial charge in [-0.25, -0.2) is 0 Å². The van der Waals surface area contributed by atoms with Crippen molar-refractivity contribution in [3.63, 3.8) is 0 Å². The van der Waals surface area contributed by atoms with Gasteiger partial charge in [0.1, 0.15) is 0 Å². The summed E-state index contributed by atoms with van der Waals surface area (Å²) in [5, 5.41) is 0. The zero-order chi connectivity index (χ0) is 7.19. The molecule has 1 atom stereocenters. The first-order valence-corrected chi connectivity index (χ1v) is 5.36. The zero-order valence-electron chi connectivity index (χ0n) is 6.44. The van der Waals surface area contributed by atoms with E-state index in [1.807, 2.05) is 0 Å². The van der Waals surface area contributed by atoms with Gasteiger partial charge in [0.2, 0.25) is 0 Å². The number of hydrogen-bond acceptors (Lipinski definition) is 1. The topological polar surface area (TPSA) is 3.24 Å². The van der Waals surface area contributed by atoms with Gasteiger partial charge in [0.15, 0.2) is 0 Å². The van der Waals surface area contributed by atoms with Crippen LogP contribution in [0.2, 0.25) is 0 Å². The summed E-state index contributed by atoms with van der Waals surface area (Å²) >= 11 is 2.57. The van der Waals surface area contributed by atoms with Crippen molar-refractivity contribution >= 4 is 22.6 Å². The van der Waals surface area contributed by atoms with E-state index in [0.29, 0.717) is 5.54 Å². The van der Waals surface area contributed by atoms with E-state index in [2.05, 4.69) is 34.5 Å². The molecule has 1 heterocycles. The van der Waals surface area contributed by atoms with Crippen molar-refractivity contribution in [1.29, 1.82) is 0 Å². The summed E-state index contributed by atoms with van der Waals surface area (Å²) in [6.45, 7) is 0. The second kappa shape index (κ2) is 2.34. The molecule has 0 aromatic carbocycles. The molecule has 0 unspecified atom stereocenters. The molecule has 2 heteroatoms. The van der Waals surface area contributed by atoms with Crippen molar-refractivity contribution in [3.8, 4) is 0 Å². The fraction of sp³-hybridized carbons (Fsp3) is 1.00. The average Bonchev–Trinajstić information content (AvgIpc) is 2.10. The summed E-state index contributed by atoms with van der Waals surface area (Å²) in [6.07, 6.45) is 7.26. The van der Waals surface area contributed by atoms with E-state index in [1.165, 1.54) is 32.1 Å². The molecule has 1 aliphatic carbocycles. The van der Waals surface area contributed by atoms with Crippen LogP contribution in [0, 0.1) is 0 Å². The highest BCUT2D eigenvalue weighted by Crippen LogP contribution is 2.48. The Bertz CT molecular complexity index is 142. The maximum atomic E-state index is 2.59. The van der Waals surface area contributed by atoms with Crippen LogP contribution in [0.5, 0.6) is 0 Å². The molecule has 0 aromatic heterocycles. The minimum Gasteiger partial charge on any atom is -0.289 e. The van der Waals surface area contributed by atoms with Crippen LogP contribution in [0.15, 0.2) is 0 Å². The largest absolute Gasteiger partial charge is 0.289 e. The summed E-state index contributed by atoms with van der Waals surface area (Å²) in [5.74, 6) is 0. The van der Waals surface area contributed by atoms with E-state index >= 15 is 0 Å². The molecule has 1 aliphatic heterocycles. The van der Waals surface area contributed by atoms with Crippen molar-refractivity contribution in [2.45, 2.75) is 41.7 Å². The van der Waals surface area contributed by atoms with Gasteiger partial charge in [-0.2, -0.15) is 0 Å². The van der Waals surface area contributed by atoms with E-state index in [9.17, 15) is 0 Å². The Hall–Kier alpha value is 0.690. The number of hydrogen-bond donors (Lipinski definition) is 0. The van der Waals surface area contributed by atoms with Gasteiger partial charge >= 0.3 is 0 Å². The number of alkyl halides is 1. The maximum absolute atomic E-state index is 2.59. The van der Waals surface area contributed by atoms with Crippen molar-refractivity contribution in [3.05, 3.63) is 0 Å². The van der Waals surface area contributed by atoms with E-state index in [-0.39, 0.29) is 0 Å². The minimum atomic E-state index is 0.672. The Kier molecular flexibility index (Phi) is 1.72. The Labute approximate surface area is 76.3 Å². The molecule has 2 fully saturated rings. The second-order valence-corrected chi connectivity index (χ2v) is 5.10. The quantitative estimate of drug-likeness (QED) is 0.363. The van der Waals surface area contributed by atoms with Gasteiger partial charge in [-0.05, 0) is 39.2 Å². The lowest BCUT2D eigenvalue weighted by Gasteiger charge is -2.45. The lowest BCUT2D eigenvalue weighted by molar-refractivity contribution is 0.0766. The highest BCUT2D eigenvalue weighted by molar-refractivity contribution is 14.1. The first-order chi connectivity index (χ1) is 4.75. The van der Waals surface area contributed by atoms with Gasteiger partial charge in [-0.1, -0.05) is 22.6 Å². The SMILES string of the molecule is CN1[C@H](I)CCC12CCC2. The molecule has 0 aromatic rings. The first kappa shape index (κ1) is 7.35. The third-order valence-electron chi connectivity index (χ3n) is 3.30.